The van der Waals surface area contributed by atoms with E-state index in [9.17, 15) is 9.59 Å². The summed E-state index contributed by atoms with van der Waals surface area (Å²) in [5.41, 5.74) is -0.606. The molecule has 2 rings (SSSR count). The van der Waals surface area contributed by atoms with Crippen LogP contribution in [0.3, 0.4) is 0 Å². The molecule has 0 radical (unpaired) electrons. The van der Waals surface area contributed by atoms with Crippen molar-refractivity contribution in [2.45, 2.75) is 19.3 Å². The van der Waals surface area contributed by atoms with E-state index in [1.807, 2.05) is 0 Å². The van der Waals surface area contributed by atoms with Crippen LogP contribution in [0.1, 0.15) is 25.0 Å². The lowest BCUT2D eigenvalue weighted by Gasteiger charge is -2.27. The van der Waals surface area contributed by atoms with Crippen molar-refractivity contribution < 1.29 is 28.5 Å². The van der Waals surface area contributed by atoms with Crippen molar-refractivity contribution in [3.63, 3.8) is 0 Å². The molecule has 24 heavy (non-hydrogen) atoms. The van der Waals surface area contributed by atoms with Gasteiger partial charge in [0.1, 0.15) is 0 Å². The molecule has 0 aromatic heterocycles. The SMILES string of the molecule is CCOC(=O)C1(C(=O)OCC)C(Br)=Cc2cc(OC)c(OC)cc21. The van der Waals surface area contributed by atoms with Crippen molar-refractivity contribution in [2.75, 3.05) is 27.4 Å². The first-order valence-corrected chi connectivity index (χ1v) is 8.25. The molecule has 7 heteroatoms. The molecule has 0 saturated carbocycles. The van der Waals surface area contributed by atoms with Crippen LogP contribution in [-0.4, -0.2) is 39.4 Å². The van der Waals surface area contributed by atoms with Crippen molar-refractivity contribution in [1.82, 2.24) is 0 Å². The molecule has 0 unspecified atom stereocenters. The van der Waals surface area contributed by atoms with Crippen molar-refractivity contribution in [1.29, 1.82) is 0 Å². The molecule has 0 bridgehead atoms. The van der Waals surface area contributed by atoms with Crippen molar-refractivity contribution >= 4 is 33.9 Å². The number of methoxy groups -OCH3 is 2. The van der Waals surface area contributed by atoms with Gasteiger partial charge in [0, 0.05) is 4.48 Å². The summed E-state index contributed by atoms with van der Waals surface area (Å²) in [6.45, 7) is 3.64. The molecule has 1 aromatic rings. The molecule has 0 heterocycles. The highest BCUT2D eigenvalue weighted by Gasteiger charge is 2.57. The van der Waals surface area contributed by atoms with Crippen LogP contribution in [0.15, 0.2) is 16.6 Å². The van der Waals surface area contributed by atoms with Gasteiger partial charge in [-0.15, -0.1) is 0 Å². The highest BCUT2D eigenvalue weighted by Crippen LogP contribution is 2.49. The number of esters is 2. The van der Waals surface area contributed by atoms with Gasteiger partial charge in [-0.05, 0) is 43.2 Å². The Morgan fingerprint density at radius 2 is 1.50 bits per heavy atom. The zero-order valence-corrected chi connectivity index (χ0v) is 15.6. The maximum atomic E-state index is 12.7. The Kier molecular flexibility index (Phi) is 5.54. The normalized spacial score (nSPS) is 14.5. The second kappa shape index (κ2) is 7.25. The molecule has 0 fully saturated rings. The highest BCUT2D eigenvalue weighted by atomic mass is 79.9. The van der Waals surface area contributed by atoms with Gasteiger partial charge in [0.05, 0.1) is 27.4 Å². The van der Waals surface area contributed by atoms with E-state index in [2.05, 4.69) is 15.9 Å². The van der Waals surface area contributed by atoms with Gasteiger partial charge < -0.3 is 18.9 Å². The van der Waals surface area contributed by atoms with E-state index in [0.29, 0.717) is 27.1 Å². The summed E-state index contributed by atoms with van der Waals surface area (Å²) in [5.74, 6) is -0.490. The maximum absolute atomic E-state index is 12.7. The molecule has 1 aliphatic carbocycles. The van der Waals surface area contributed by atoms with Crippen molar-refractivity contribution in [3.05, 3.63) is 27.7 Å². The topological polar surface area (TPSA) is 71.1 Å². The number of rotatable bonds is 6. The summed E-state index contributed by atoms with van der Waals surface area (Å²) in [5, 5.41) is 0. The summed E-state index contributed by atoms with van der Waals surface area (Å²) in [6.07, 6.45) is 1.69. The van der Waals surface area contributed by atoms with E-state index in [0.717, 1.165) is 0 Å². The Morgan fingerprint density at radius 3 is 1.96 bits per heavy atom. The Bertz CT molecular complexity index is 677. The molecule has 0 N–H and O–H groups in total. The van der Waals surface area contributed by atoms with Crippen LogP contribution < -0.4 is 9.47 Å². The smallest absolute Gasteiger partial charge is 0.333 e. The van der Waals surface area contributed by atoms with Gasteiger partial charge in [0.2, 0.25) is 5.41 Å². The molecule has 0 amide bonds. The predicted octanol–water partition coefficient (Wildman–Crippen LogP) is 2.82. The van der Waals surface area contributed by atoms with Gasteiger partial charge in [-0.2, -0.15) is 0 Å². The van der Waals surface area contributed by atoms with Gasteiger partial charge in [0.15, 0.2) is 11.5 Å². The van der Waals surface area contributed by atoms with E-state index < -0.39 is 17.4 Å². The lowest BCUT2D eigenvalue weighted by Crippen LogP contribution is -2.45. The van der Waals surface area contributed by atoms with Crippen LogP contribution in [0.4, 0.5) is 0 Å². The second-order valence-electron chi connectivity index (χ2n) is 4.98. The first-order valence-electron chi connectivity index (χ1n) is 7.45. The average molecular weight is 399 g/mol. The first kappa shape index (κ1) is 18.3. The molecule has 1 aromatic carbocycles. The molecular weight excluding hydrogens is 380 g/mol. The Morgan fingerprint density at radius 1 is 1.00 bits per heavy atom. The van der Waals surface area contributed by atoms with Crippen LogP contribution in [0.25, 0.3) is 6.08 Å². The van der Waals surface area contributed by atoms with Crippen molar-refractivity contribution in [3.8, 4) is 11.5 Å². The number of ether oxygens (including phenoxy) is 4. The fraction of sp³-hybridized carbons (Fsp3) is 0.412. The summed E-state index contributed by atoms with van der Waals surface area (Å²) >= 11 is 3.35. The van der Waals surface area contributed by atoms with E-state index >= 15 is 0 Å². The summed E-state index contributed by atoms with van der Waals surface area (Å²) in [6, 6.07) is 3.31. The van der Waals surface area contributed by atoms with E-state index in [1.54, 1.807) is 32.1 Å². The minimum absolute atomic E-state index is 0.142. The zero-order chi connectivity index (χ0) is 17.9. The Labute approximate surface area is 148 Å². The van der Waals surface area contributed by atoms with Gasteiger partial charge in [0.25, 0.3) is 0 Å². The second-order valence-corrected chi connectivity index (χ2v) is 5.83. The number of fused-ring (bicyclic) bond motifs is 1. The quantitative estimate of drug-likeness (QED) is 0.541. The number of carbonyl (C=O) groups excluding carboxylic acids is 2. The summed E-state index contributed by atoms with van der Waals surface area (Å²) in [7, 11) is 3.00. The molecule has 1 aliphatic rings. The fourth-order valence-electron chi connectivity index (χ4n) is 2.69. The fourth-order valence-corrected chi connectivity index (χ4v) is 3.47. The standard InChI is InChI=1S/C17H19BrO6/c1-5-23-15(19)17(16(20)24-6-2)11-9-13(22-4)12(21-3)7-10(11)8-14(17)18/h7-9H,5-6H2,1-4H3. The molecule has 130 valence electrons. The molecule has 0 saturated heterocycles. The number of carbonyl (C=O) groups is 2. The van der Waals surface area contributed by atoms with Crippen LogP contribution in [0.2, 0.25) is 0 Å². The highest BCUT2D eigenvalue weighted by molar-refractivity contribution is 9.12. The van der Waals surface area contributed by atoms with Gasteiger partial charge >= 0.3 is 11.9 Å². The summed E-state index contributed by atoms with van der Waals surface area (Å²) in [4.78, 5) is 25.5. The third kappa shape index (κ3) is 2.66. The van der Waals surface area contributed by atoms with Crippen LogP contribution in [0.5, 0.6) is 11.5 Å². The van der Waals surface area contributed by atoms with Gasteiger partial charge in [-0.3, -0.25) is 9.59 Å². The number of hydrogen-bond donors (Lipinski definition) is 0. The average Bonchev–Trinajstić information content (AvgIpc) is 2.85. The Hall–Kier alpha value is -2.02. The largest absolute Gasteiger partial charge is 0.493 e. The minimum Gasteiger partial charge on any atom is -0.493 e. The molecule has 0 spiro atoms. The molecular formula is C17H19BrO6. The first-order chi connectivity index (χ1) is 11.5. The lowest BCUT2D eigenvalue weighted by molar-refractivity contribution is -0.161. The third-order valence-electron chi connectivity index (χ3n) is 3.76. The van der Waals surface area contributed by atoms with E-state index in [1.165, 1.54) is 14.2 Å². The molecule has 0 aliphatic heterocycles. The monoisotopic (exact) mass is 398 g/mol. The van der Waals surface area contributed by atoms with Gasteiger partial charge in [-0.25, -0.2) is 0 Å². The van der Waals surface area contributed by atoms with Crippen LogP contribution in [-0.2, 0) is 24.5 Å². The van der Waals surface area contributed by atoms with E-state index in [-0.39, 0.29) is 13.2 Å². The minimum atomic E-state index is -1.69. The summed E-state index contributed by atoms with van der Waals surface area (Å²) < 4.78 is 21.3. The lowest BCUT2D eigenvalue weighted by atomic mass is 9.82. The third-order valence-corrected chi connectivity index (χ3v) is 4.59. The predicted molar refractivity (Wildman–Crippen MR) is 91.4 cm³/mol. The zero-order valence-electron chi connectivity index (χ0n) is 14.0. The number of halogens is 1. The van der Waals surface area contributed by atoms with Gasteiger partial charge in [-0.1, -0.05) is 15.9 Å². The number of benzene rings is 1. The Balaban J connectivity index is 2.72. The molecule has 0 atom stereocenters. The van der Waals surface area contributed by atoms with Crippen LogP contribution >= 0.6 is 15.9 Å². The number of hydrogen-bond acceptors (Lipinski definition) is 6. The maximum Gasteiger partial charge on any atom is 0.333 e. The van der Waals surface area contributed by atoms with Crippen molar-refractivity contribution in [2.24, 2.45) is 0 Å². The molecule has 6 nitrogen and oxygen atoms in total. The van der Waals surface area contributed by atoms with E-state index in [4.69, 9.17) is 18.9 Å². The van der Waals surface area contributed by atoms with Crippen LogP contribution in [0, 0.1) is 0 Å².